The third kappa shape index (κ3) is 8.02. The molecule has 1 N–H and O–H groups in total. The van der Waals surface area contributed by atoms with Gasteiger partial charge in [-0.1, -0.05) is 44.0 Å². The Hall–Kier alpha value is -2.64. The van der Waals surface area contributed by atoms with Crippen molar-refractivity contribution < 1.29 is 28.5 Å². The van der Waals surface area contributed by atoms with Crippen LogP contribution < -0.4 is 14.8 Å². The molecule has 0 atom stereocenters. The van der Waals surface area contributed by atoms with Gasteiger partial charge in [0, 0.05) is 12.0 Å². The zero-order chi connectivity index (χ0) is 24.6. The van der Waals surface area contributed by atoms with Gasteiger partial charge in [-0.2, -0.15) is 0 Å². The SMILES string of the molecule is CCOC(=O)CNC(=O)OCCc1cc(Cl)c(Oc2ccc(OC)c(C(C)(C)C)c2)c(Cl)c1. The van der Waals surface area contributed by atoms with Crippen molar-refractivity contribution in [2.24, 2.45) is 0 Å². The van der Waals surface area contributed by atoms with E-state index >= 15 is 0 Å². The molecule has 0 aliphatic heterocycles. The van der Waals surface area contributed by atoms with Crippen molar-refractivity contribution in [2.45, 2.75) is 39.5 Å². The molecule has 2 aromatic rings. The maximum absolute atomic E-state index is 11.7. The van der Waals surface area contributed by atoms with E-state index < -0.39 is 12.1 Å². The molecule has 180 valence electrons. The van der Waals surface area contributed by atoms with Crippen molar-refractivity contribution in [2.75, 3.05) is 26.9 Å². The Labute approximate surface area is 204 Å². The fourth-order valence-electron chi connectivity index (χ4n) is 2.98. The fourth-order valence-corrected chi connectivity index (χ4v) is 3.59. The second-order valence-electron chi connectivity index (χ2n) is 8.15. The van der Waals surface area contributed by atoms with E-state index in [-0.39, 0.29) is 25.2 Å². The first-order valence-corrected chi connectivity index (χ1v) is 11.2. The molecule has 0 aliphatic rings. The summed E-state index contributed by atoms with van der Waals surface area (Å²) in [6.45, 7) is 8.01. The average Bonchev–Trinajstić information content (AvgIpc) is 2.74. The molecule has 0 radical (unpaired) electrons. The third-order valence-electron chi connectivity index (χ3n) is 4.56. The lowest BCUT2D eigenvalue weighted by atomic mass is 9.86. The lowest BCUT2D eigenvalue weighted by molar-refractivity contribution is -0.141. The molecule has 0 fully saturated rings. The topological polar surface area (TPSA) is 83.1 Å². The molecule has 7 nitrogen and oxygen atoms in total. The van der Waals surface area contributed by atoms with Crippen LogP contribution in [0.4, 0.5) is 4.79 Å². The van der Waals surface area contributed by atoms with E-state index in [0.29, 0.717) is 28.0 Å². The van der Waals surface area contributed by atoms with E-state index in [4.69, 9.17) is 42.1 Å². The number of hydrogen-bond donors (Lipinski definition) is 1. The molecule has 0 heterocycles. The molecule has 1 amide bonds. The van der Waals surface area contributed by atoms with Crippen LogP contribution in [-0.4, -0.2) is 38.9 Å². The lowest BCUT2D eigenvalue weighted by Gasteiger charge is -2.23. The van der Waals surface area contributed by atoms with Gasteiger partial charge in [-0.05, 0) is 48.2 Å². The van der Waals surface area contributed by atoms with Gasteiger partial charge in [0.1, 0.15) is 18.0 Å². The van der Waals surface area contributed by atoms with E-state index in [2.05, 4.69) is 26.1 Å². The zero-order valence-electron chi connectivity index (χ0n) is 19.4. The monoisotopic (exact) mass is 497 g/mol. The van der Waals surface area contributed by atoms with Gasteiger partial charge in [0.2, 0.25) is 0 Å². The number of carbonyl (C=O) groups excluding carboxylic acids is 2. The van der Waals surface area contributed by atoms with Gasteiger partial charge in [-0.25, -0.2) is 4.79 Å². The van der Waals surface area contributed by atoms with Crippen LogP contribution in [0.25, 0.3) is 0 Å². The normalized spacial score (nSPS) is 11.0. The Balaban J connectivity index is 2.02. The van der Waals surface area contributed by atoms with Crippen molar-refractivity contribution >= 4 is 35.3 Å². The highest BCUT2D eigenvalue weighted by molar-refractivity contribution is 6.37. The molecule has 9 heteroatoms. The standard InChI is InChI=1S/C24H29Cl2NO6/c1-6-31-21(28)14-27-23(29)32-10-9-15-11-18(25)22(19(26)12-15)33-16-7-8-20(30-5)17(13-16)24(2,3)4/h7-8,11-13H,6,9-10,14H2,1-5H3,(H,27,29). The minimum Gasteiger partial charge on any atom is -0.496 e. The predicted octanol–water partition coefficient (Wildman–Crippen LogP) is 5.92. The van der Waals surface area contributed by atoms with Crippen molar-refractivity contribution in [3.05, 3.63) is 51.5 Å². The number of halogens is 2. The van der Waals surface area contributed by atoms with E-state index in [0.717, 1.165) is 16.9 Å². The van der Waals surface area contributed by atoms with Crippen LogP contribution in [0.1, 0.15) is 38.8 Å². The number of ether oxygens (including phenoxy) is 4. The smallest absolute Gasteiger partial charge is 0.407 e. The summed E-state index contributed by atoms with van der Waals surface area (Å²) in [5, 5.41) is 2.98. The highest BCUT2D eigenvalue weighted by Gasteiger charge is 2.20. The van der Waals surface area contributed by atoms with Crippen LogP contribution in [0.5, 0.6) is 17.2 Å². The first kappa shape index (κ1) is 26.6. The summed E-state index contributed by atoms with van der Waals surface area (Å²) in [5.41, 5.74) is 1.61. The van der Waals surface area contributed by atoms with Gasteiger partial charge in [-0.3, -0.25) is 4.79 Å². The Morgan fingerprint density at radius 1 is 1.03 bits per heavy atom. The number of amides is 1. The van der Waals surface area contributed by atoms with Gasteiger partial charge in [0.15, 0.2) is 5.75 Å². The van der Waals surface area contributed by atoms with Gasteiger partial charge < -0.3 is 24.3 Å². The van der Waals surface area contributed by atoms with Gasteiger partial charge in [-0.15, -0.1) is 0 Å². The summed E-state index contributed by atoms with van der Waals surface area (Å²) in [5.74, 6) is 1.16. The first-order valence-electron chi connectivity index (χ1n) is 10.5. The third-order valence-corrected chi connectivity index (χ3v) is 5.12. The summed E-state index contributed by atoms with van der Waals surface area (Å²) >= 11 is 12.8. The Kier molecular flexibility index (Phi) is 9.68. The molecule has 0 aliphatic carbocycles. The molecule has 2 aromatic carbocycles. The fraction of sp³-hybridized carbons (Fsp3) is 0.417. The van der Waals surface area contributed by atoms with Crippen molar-refractivity contribution in [3.8, 4) is 17.2 Å². The molecule has 0 aromatic heterocycles. The molecule has 0 unspecified atom stereocenters. The number of esters is 1. The van der Waals surface area contributed by atoms with E-state index in [9.17, 15) is 9.59 Å². The van der Waals surface area contributed by atoms with Gasteiger partial charge in [0.05, 0.1) is 30.4 Å². The lowest BCUT2D eigenvalue weighted by Crippen LogP contribution is -2.31. The van der Waals surface area contributed by atoms with Gasteiger partial charge in [0.25, 0.3) is 0 Å². The molecule has 0 bridgehead atoms. The van der Waals surface area contributed by atoms with Crippen LogP contribution >= 0.6 is 23.2 Å². The van der Waals surface area contributed by atoms with Crippen LogP contribution in [-0.2, 0) is 26.1 Å². The summed E-state index contributed by atoms with van der Waals surface area (Å²) in [6, 6.07) is 8.95. The molecular formula is C24H29Cl2NO6. The molecule has 33 heavy (non-hydrogen) atoms. The van der Waals surface area contributed by atoms with Crippen LogP contribution in [0, 0.1) is 0 Å². The summed E-state index contributed by atoms with van der Waals surface area (Å²) in [4.78, 5) is 22.9. The van der Waals surface area contributed by atoms with E-state index in [1.165, 1.54) is 0 Å². The highest BCUT2D eigenvalue weighted by Crippen LogP contribution is 2.40. The van der Waals surface area contributed by atoms with E-state index in [1.54, 1.807) is 32.2 Å². The summed E-state index contributed by atoms with van der Waals surface area (Å²) in [7, 11) is 1.63. The Morgan fingerprint density at radius 2 is 1.70 bits per heavy atom. The highest BCUT2D eigenvalue weighted by atomic mass is 35.5. The maximum Gasteiger partial charge on any atom is 0.407 e. The minimum atomic E-state index is -0.714. The number of benzene rings is 2. The second-order valence-corrected chi connectivity index (χ2v) is 8.96. The minimum absolute atomic E-state index is 0.0783. The van der Waals surface area contributed by atoms with Crippen LogP contribution in [0.15, 0.2) is 30.3 Å². The zero-order valence-corrected chi connectivity index (χ0v) is 20.9. The van der Waals surface area contributed by atoms with E-state index in [1.807, 2.05) is 12.1 Å². The number of carbonyl (C=O) groups is 2. The average molecular weight is 498 g/mol. The molecule has 2 rings (SSSR count). The predicted molar refractivity (Wildman–Crippen MR) is 128 cm³/mol. The number of rotatable bonds is 9. The second kappa shape index (κ2) is 12.0. The maximum atomic E-state index is 11.7. The Bertz CT molecular complexity index is 964. The molecule has 0 saturated heterocycles. The number of nitrogens with one attached hydrogen (secondary N) is 1. The quantitative estimate of drug-likeness (QED) is 0.432. The molecule has 0 spiro atoms. The number of alkyl carbamates (subject to hydrolysis) is 1. The van der Waals surface area contributed by atoms with Crippen LogP contribution in [0.3, 0.4) is 0 Å². The largest absolute Gasteiger partial charge is 0.496 e. The molecular weight excluding hydrogens is 469 g/mol. The molecule has 0 saturated carbocycles. The van der Waals surface area contributed by atoms with Crippen molar-refractivity contribution in [3.63, 3.8) is 0 Å². The number of methoxy groups -OCH3 is 1. The Morgan fingerprint density at radius 3 is 2.27 bits per heavy atom. The summed E-state index contributed by atoms with van der Waals surface area (Å²) in [6.07, 6.45) is -0.335. The van der Waals surface area contributed by atoms with Gasteiger partial charge >= 0.3 is 12.1 Å². The van der Waals surface area contributed by atoms with Crippen molar-refractivity contribution in [1.82, 2.24) is 5.32 Å². The first-order chi connectivity index (χ1) is 15.5. The van der Waals surface area contributed by atoms with Crippen molar-refractivity contribution in [1.29, 1.82) is 0 Å². The number of hydrogen-bond acceptors (Lipinski definition) is 6. The summed E-state index contributed by atoms with van der Waals surface area (Å²) < 4.78 is 21.2. The van der Waals surface area contributed by atoms with Crippen LogP contribution in [0.2, 0.25) is 10.0 Å².